The van der Waals surface area contributed by atoms with Gasteiger partial charge in [0.15, 0.2) is 11.0 Å². The van der Waals surface area contributed by atoms with Gasteiger partial charge in [-0.1, -0.05) is 25.4 Å². The fourth-order valence-corrected chi connectivity index (χ4v) is 3.39. The van der Waals surface area contributed by atoms with Gasteiger partial charge < -0.3 is 5.11 Å². The largest absolute Gasteiger partial charge is 0.480 e. The standard InChI is InChI=1S/C11H12ClN3O5S/c1-5(2)8(11(16)17)15-21(18,19)7-4-3-6(12)9-10(7)14-20-13-9/h3-5,8,15H,1-2H3,(H,16,17). The molecule has 1 unspecified atom stereocenters. The van der Waals surface area contributed by atoms with Gasteiger partial charge in [0.25, 0.3) is 0 Å². The van der Waals surface area contributed by atoms with Gasteiger partial charge in [-0.2, -0.15) is 4.72 Å². The number of sulfonamides is 1. The van der Waals surface area contributed by atoms with E-state index in [2.05, 4.69) is 19.7 Å². The van der Waals surface area contributed by atoms with E-state index in [1.807, 2.05) is 0 Å². The van der Waals surface area contributed by atoms with Crippen LogP contribution in [0.3, 0.4) is 0 Å². The SMILES string of the molecule is CC(C)C(NS(=O)(=O)c1ccc(Cl)c2nonc12)C(=O)O. The van der Waals surface area contributed by atoms with Crippen molar-refractivity contribution in [2.75, 3.05) is 0 Å². The average Bonchev–Trinajstić information content (AvgIpc) is 2.85. The molecule has 1 aromatic carbocycles. The third kappa shape index (κ3) is 2.99. The van der Waals surface area contributed by atoms with Crippen LogP contribution in [-0.4, -0.2) is 35.8 Å². The number of aromatic nitrogens is 2. The van der Waals surface area contributed by atoms with Crippen molar-refractivity contribution in [3.8, 4) is 0 Å². The molecule has 0 radical (unpaired) electrons. The minimum Gasteiger partial charge on any atom is -0.480 e. The van der Waals surface area contributed by atoms with Gasteiger partial charge in [-0.15, -0.1) is 0 Å². The van der Waals surface area contributed by atoms with Gasteiger partial charge in [-0.05, 0) is 28.4 Å². The zero-order valence-corrected chi connectivity index (χ0v) is 12.6. The van der Waals surface area contributed by atoms with E-state index in [1.165, 1.54) is 12.1 Å². The fraction of sp³-hybridized carbons (Fsp3) is 0.364. The Morgan fingerprint density at radius 1 is 1.33 bits per heavy atom. The Morgan fingerprint density at radius 3 is 2.52 bits per heavy atom. The first-order valence-corrected chi connectivity index (χ1v) is 7.76. The van der Waals surface area contributed by atoms with E-state index >= 15 is 0 Å². The summed E-state index contributed by atoms with van der Waals surface area (Å²) in [6, 6.07) is 1.28. The van der Waals surface area contributed by atoms with Crippen molar-refractivity contribution in [1.29, 1.82) is 0 Å². The molecule has 0 bridgehead atoms. The number of carboxylic acids is 1. The summed E-state index contributed by atoms with van der Waals surface area (Å²) in [6.07, 6.45) is 0. The van der Waals surface area contributed by atoms with E-state index in [0.29, 0.717) is 0 Å². The van der Waals surface area contributed by atoms with Crippen LogP contribution in [0.15, 0.2) is 21.7 Å². The van der Waals surface area contributed by atoms with Gasteiger partial charge in [0, 0.05) is 0 Å². The van der Waals surface area contributed by atoms with Crippen LogP contribution in [0.1, 0.15) is 13.8 Å². The molecular formula is C11H12ClN3O5S. The second-order valence-corrected chi connectivity index (χ2v) is 6.78. The number of nitrogens with one attached hydrogen (secondary N) is 1. The van der Waals surface area contributed by atoms with E-state index in [0.717, 1.165) is 0 Å². The molecule has 1 atom stereocenters. The van der Waals surface area contributed by atoms with Crippen LogP contribution in [0.4, 0.5) is 0 Å². The predicted molar refractivity (Wildman–Crippen MR) is 73.4 cm³/mol. The molecule has 2 aromatic rings. The number of carboxylic acid groups (broad SMARTS) is 1. The molecular weight excluding hydrogens is 322 g/mol. The van der Waals surface area contributed by atoms with Crippen molar-refractivity contribution in [3.63, 3.8) is 0 Å². The number of rotatable bonds is 5. The molecule has 1 aromatic heterocycles. The number of nitrogens with zero attached hydrogens (tertiary/aromatic N) is 2. The molecule has 2 rings (SSSR count). The Kier molecular flexibility index (Phi) is 4.17. The number of hydrogen-bond donors (Lipinski definition) is 2. The summed E-state index contributed by atoms with van der Waals surface area (Å²) in [4.78, 5) is 10.9. The van der Waals surface area contributed by atoms with Crippen LogP contribution in [0.2, 0.25) is 5.02 Å². The second kappa shape index (κ2) is 5.58. The van der Waals surface area contributed by atoms with Crippen molar-refractivity contribution in [3.05, 3.63) is 17.2 Å². The van der Waals surface area contributed by atoms with Gasteiger partial charge in [-0.3, -0.25) is 4.79 Å². The average molecular weight is 334 g/mol. The summed E-state index contributed by atoms with van der Waals surface area (Å²) in [5.41, 5.74) is 0.0406. The maximum Gasteiger partial charge on any atom is 0.322 e. The summed E-state index contributed by atoms with van der Waals surface area (Å²) >= 11 is 5.86. The molecule has 0 saturated heterocycles. The van der Waals surface area contributed by atoms with Crippen molar-refractivity contribution < 1.29 is 22.9 Å². The summed E-state index contributed by atoms with van der Waals surface area (Å²) in [5.74, 6) is -1.70. The first-order chi connectivity index (χ1) is 9.74. The maximum absolute atomic E-state index is 12.3. The molecule has 0 amide bonds. The number of fused-ring (bicyclic) bond motifs is 1. The highest BCUT2D eigenvalue weighted by Gasteiger charge is 2.30. The fourth-order valence-electron chi connectivity index (χ4n) is 1.73. The Hall–Kier alpha value is -1.71. The van der Waals surface area contributed by atoms with E-state index in [9.17, 15) is 13.2 Å². The lowest BCUT2D eigenvalue weighted by molar-refractivity contribution is -0.140. The molecule has 0 aliphatic rings. The smallest absolute Gasteiger partial charge is 0.322 e. The van der Waals surface area contributed by atoms with Gasteiger partial charge in [0.1, 0.15) is 10.9 Å². The van der Waals surface area contributed by atoms with Gasteiger partial charge in [-0.25, -0.2) is 13.0 Å². The third-order valence-corrected chi connectivity index (χ3v) is 4.61. The van der Waals surface area contributed by atoms with Crippen LogP contribution in [0.25, 0.3) is 11.0 Å². The first-order valence-electron chi connectivity index (χ1n) is 5.90. The van der Waals surface area contributed by atoms with Crippen molar-refractivity contribution in [2.45, 2.75) is 24.8 Å². The lowest BCUT2D eigenvalue weighted by Gasteiger charge is -2.17. The van der Waals surface area contributed by atoms with E-state index in [1.54, 1.807) is 13.8 Å². The molecule has 1 heterocycles. The van der Waals surface area contributed by atoms with E-state index in [-0.39, 0.29) is 21.0 Å². The van der Waals surface area contributed by atoms with Gasteiger partial charge in [0.2, 0.25) is 10.0 Å². The molecule has 114 valence electrons. The molecule has 0 saturated carbocycles. The summed E-state index contributed by atoms with van der Waals surface area (Å²) in [5, 5.41) is 16.3. The Morgan fingerprint density at radius 2 is 1.95 bits per heavy atom. The minimum absolute atomic E-state index is 0.0529. The highest BCUT2D eigenvalue weighted by Crippen LogP contribution is 2.26. The molecule has 0 fully saturated rings. The van der Waals surface area contributed by atoms with Crippen molar-refractivity contribution >= 4 is 38.6 Å². The maximum atomic E-state index is 12.3. The number of carbonyl (C=O) groups is 1. The van der Waals surface area contributed by atoms with Crippen LogP contribution in [0.5, 0.6) is 0 Å². The van der Waals surface area contributed by atoms with Gasteiger partial charge in [0.05, 0.1) is 5.02 Å². The molecule has 21 heavy (non-hydrogen) atoms. The number of benzene rings is 1. The summed E-state index contributed by atoms with van der Waals surface area (Å²) in [7, 11) is -4.11. The number of hydrogen-bond acceptors (Lipinski definition) is 6. The van der Waals surface area contributed by atoms with E-state index in [4.69, 9.17) is 16.7 Å². The summed E-state index contributed by atoms with van der Waals surface area (Å²) < 4.78 is 31.3. The molecule has 0 spiro atoms. The van der Waals surface area contributed by atoms with Crippen LogP contribution in [0, 0.1) is 5.92 Å². The zero-order valence-electron chi connectivity index (χ0n) is 11.1. The van der Waals surface area contributed by atoms with Crippen molar-refractivity contribution in [2.24, 2.45) is 5.92 Å². The molecule has 8 nitrogen and oxygen atoms in total. The minimum atomic E-state index is -4.11. The normalized spacial score (nSPS) is 13.7. The second-order valence-electron chi connectivity index (χ2n) is 4.69. The highest BCUT2D eigenvalue weighted by molar-refractivity contribution is 7.89. The lowest BCUT2D eigenvalue weighted by atomic mass is 10.1. The Balaban J connectivity index is 2.50. The summed E-state index contributed by atoms with van der Waals surface area (Å²) in [6.45, 7) is 3.19. The van der Waals surface area contributed by atoms with E-state index < -0.39 is 28.0 Å². The molecule has 0 aliphatic carbocycles. The molecule has 10 heteroatoms. The number of aliphatic carboxylic acids is 1. The molecule has 0 aliphatic heterocycles. The highest BCUT2D eigenvalue weighted by atomic mass is 35.5. The zero-order chi connectivity index (χ0) is 15.8. The lowest BCUT2D eigenvalue weighted by Crippen LogP contribution is -2.44. The van der Waals surface area contributed by atoms with Gasteiger partial charge >= 0.3 is 5.97 Å². The number of halogens is 1. The Bertz CT molecular complexity index is 786. The predicted octanol–water partition coefficient (Wildman–Crippen LogP) is 1.26. The monoisotopic (exact) mass is 333 g/mol. The van der Waals surface area contributed by atoms with Crippen LogP contribution < -0.4 is 4.72 Å². The van der Waals surface area contributed by atoms with Crippen LogP contribution >= 0.6 is 11.6 Å². The molecule has 2 N–H and O–H groups in total. The topological polar surface area (TPSA) is 122 Å². The first kappa shape index (κ1) is 15.7. The van der Waals surface area contributed by atoms with Crippen molar-refractivity contribution in [1.82, 2.24) is 15.0 Å². The Labute approximate surface area is 125 Å². The quantitative estimate of drug-likeness (QED) is 0.844. The third-order valence-electron chi connectivity index (χ3n) is 2.83. The van der Waals surface area contributed by atoms with Crippen LogP contribution in [-0.2, 0) is 14.8 Å².